The third kappa shape index (κ3) is 3.22. The number of rotatable bonds is 4. The number of aliphatic hydroxyl groups excluding tert-OH is 1. The molecule has 0 aliphatic heterocycles. The zero-order valence-electron chi connectivity index (χ0n) is 10.8. The van der Waals surface area contributed by atoms with Gasteiger partial charge in [0.15, 0.2) is 0 Å². The fraction of sp³-hybridized carbons (Fsp3) is 0.600. The number of hydrogen-bond acceptors (Lipinski definition) is 2. The summed E-state index contributed by atoms with van der Waals surface area (Å²) in [7, 11) is 0. The van der Waals surface area contributed by atoms with Crippen molar-refractivity contribution in [1.82, 2.24) is 0 Å². The molecular formula is C15H22O2. The summed E-state index contributed by atoms with van der Waals surface area (Å²) in [5, 5.41) is 9.18. The Kier molecular flexibility index (Phi) is 3.72. The van der Waals surface area contributed by atoms with Crippen LogP contribution < -0.4 is 4.74 Å². The second kappa shape index (κ2) is 5.09. The minimum absolute atomic E-state index is 0.151. The van der Waals surface area contributed by atoms with Gasteiger partial charge in [0.25, 0.3) is 0 Å². The maximum atomic E-state index is 9.18. The standard InChI is InChI=1S/C15H22O2/c1-15(2,10-16)11-17-14-8-7-12-5-3-4-6-13(12)9-14/h7-9,16H,3-6,10-11H2,1-2H3. The van der Waals surface area contributed by atoms with Gasteiger partial charge in [-0.15, -0.1) is 0 Å². The molecule has 94 valence electrons. The first-order chi connectivity index (χ1) is 8.11. The second-order valence-corrected chi connectivity index (χ2v) is 5.75. The quantitative estimate of drug-likeness (QED) is 0.868. The van der Waals surface area contributed by atoms with Crippen LogP contribution in [0, 0.1) is 5.41 Å². The maximum Gasteiger partial charge on any atom is 0.119 e. The van der Waals surface area contributed by atoms with Crippen molar-refractivity contribution in [3.05, 3.63) is 29.3 Å². The molecular weight excluding hydrogens is 212 g/mol. The molecule has 1 aliphatic carbocycles. The summed E-state index contributed by atoms with van der Waals surface area (Å²) in [6.45, 7) is 4.72. The molecule has 2 nitrogen and oxygen atoms in total. The average Bonchev–Trinajstić information content (AvgIpc) is 2.36. The zero-order chi connectivity index (χ0) is 12.3. The summed E-state index contributed by atoms with van der Waals surface area (Å²) in [6.07, 6.45) is 4.98. The first-order valence-corrected chi connectivity index (χ1v) is 6.46. The van der Waals surface area contributed by atoms with Crippen molar-refractivity contribution < 1.29 is 9.84 Å². The Bertz CT molecular complexity index is 383. The van der Waals surface area contributed by atoms with Crippen molar-refractivity contribution in [2.24, 2.45) is 5.41 Å². The molecule has 1 N–H and O–H groups in total. The number of fused-ring (bicyclic) bond motifs is 1. The van der Waals surface area contributed by atoms with Gasteiger partial charge in [0, 0.05) is 5.41 Å². The van der Waals surface area contributed by atoms with E-state index in [1.807, 2.05) is 13.8 Å². The Labute approximate surface area is 104 Å². The molecule has 0 bridgehead atoms. The van der Waals surface area contributed by atoms with Crippen molar-refractivity contribution >= 4 is 0 Å². The maximum absolute atomic E-state index is 9.18. The highest BCUT2D eigenvalue weighted by Crippen LogP contribution is 2.26. The van der Waals surface area contributed by atoms with Crippen LogP contribution in [0.25, 0.3) is 0 Å². The predicted molar refractivity (Wildman–Crippen MR) is 69.4 cm³/mol. The zero-order valence-corrected chi connectivity index (χ0v) is 10.8. The number of hydrogen-bond donors (Lipinski definition) is 1. The summed E-state index contributed by atoms with van der Waals surface area (Å²) in [5.74, 6) is 0.937. The lowest BCUT2D eigenvalue weighted by molar-refractivity contribution is 0.0975. The van der Waals surface area contributed by atoms with Crippen LogP contribution in [-0.2, 0) is 12.8 Å². The van der Waals surface area contributed by atoms with Gasteiger partial charge in [-0.25, -0.2) is 0 Å². The molecule has 0 amide bonds. The van der Waals surface area contributed by atoms with Crippen LogP contribution in [-0.4, -0.2) is 18.3 Å². The van der Waals surface area contributed by atoms with Crippen LogP contribution in [0.15, 0.2) is 18.2 Å². The fourth-order valence-electron chi connectivity index (χ4n) is 2.12. The molecule has 0 saturated carbocycles. The fourth-order valence-corrected chi connectivity index (χ4v) is 2.12. The molecule has 17 heavy (non-hydrogen) atoms. The predicted octanol–water partition coefficient (Wildman–Crippen LogP) is 2.96. The third-order valence-electron chi connectivity index (χ3n) is 3.38. The van der Waals surface area contributed by atoms with Crippen LogP contribution in [0.3, 0.4) is 0 Å². The van der Waals surface area contributed by atoms with Gasteiger partial charge in [-0.2, -0.15) is 0 Å². The topological polar surface area (TPSA) is 29.5 Å². The molecule has 0 atom stereocenters. The van der Waals surface area contributed by atoms with Crippen LogP contribution in [0.2, 0.25) is 0 Å². The van der Waals surface area contributed by atoms with Crippen LogP contribution in [0.1, 0.15) is 37.8 Å². The highest BCUT2D eigenvalue weighted by molar-refractivity contribution is 5.37. The Hall–Kier alpha value is -1.02. The lowest BCUT2D eigenvalue weighted by Crippen LogP contribution is -2.25. The van der Waals surface area contributed by atoms with E-state index in [1.54, 1.807) is 0 Å². The van der Waals surface area contributed by atoms with Gasteiger partial charge in [-0.05, 0) is 48.9 Å². The van der Waals surface area contributed by atoms with E-state index in [-0.39, 0.29) is 12.0 Å². The molecule has 2 rings (SSSR count). The molecule has 2 heteroatoms. The monoisotopic (exact) mass is 234 g/mol. The molecule has 0 heterocycles. The smallest absolute Gasteiger partial charge is 0.119 e. The highest BCUT2D eigenvalue weighted by atomic mass is 16.5. The largest absolute Gasteiger partial charge is 0.493 e. The van der Waals surface area contributed by atoms with Crippen LogP contribution >= 0.6 is 0 Å². The number of ether oxygens (including phenoxy) is 1. The molecule has 0 radical (unpaired) electrons. The minimum Gasteiger partial charge on any atom is -0.493 e. The Morgan fingerprint density at radius 1 is 1.18 bits per heavy atom. The van der Waals surface area contributed by atoms with E-state index in [2.05, 4.69) is 18.2 Å². The number of aliphatic hydroxyl groups is 1. The Morgan fingerprint density at radius 2 is 1.88 bits per heavy atom. The average molecular weight is 234 g/mol. The van der Waals surface area contributed by atoms with Gasteiger partial charge in [-0.1, -0.05) is 19.9 Å². The summed E-state index contributed by atoms with van der Waals surface area (Å²) < 4.78 is 5.77. The van der Waals surface area contributed by atoms with Crippen molar-refractivity contribution in [1.29, 1.82) is 0 Å². The van der Waals surface area contributed by atoms with Gasteiger partial charge in [0.1, 0.15) is 5.75 Å². The summed E-state index contributed by atoms with van der Waals surface area (Å²) in [4.78, 5) is 0. The van der Waals surface area contributed by atoms with E-state index >= 15 is 0 Å². The van der Waals surface area contributed by atoms with Gasteiger partial charge >= 0.3 is 0 Å². The Balaban J connectivity index is 2.02. The van der Waals surface area contributed by atoms with Crippen molar-refractivity contribution in [2.45, 2.75) is 39.5 Å². The third-order valence-corrected chi connectivity index (χ3v) is 3.38. The van der Waals surface area contributed by atoms with E-state index in [9.17, 15) is 5.11 Å². The van der Waals surface area contributed by atoms with E-state index in [1.165, 1.54) is 36.8 Å². The Morgan fingerprint density at radius 3 is 2.59 bits per heavy atom. The second-order valence-electron chi connectivity index (χ2n) is 5.75. The van der Waals surface area contributed by atoms with E-state index in [0.717, 1.165) is 5.75 Å². The summed E-state index contributed by atoms with van der Waals surface area (Å²) in [5.41, 5.74) is 2.75. The molecule has 0 aromatic heterocycles. The summed E-state index contributed by atoms with van der Waals surface area (Å²) in [6, 6.07) is 6.41. The molecule has 0 unspecified atom stereocenters. The molecule has 0 fully saturated rings. The lowest BCUT2D eigenvalue weighted by Gasteiger charge is -2.23. The molecule has 1 aromatic carbocycles. The molecule has 0 saturated heterocycles. The van der Waals surface area contributed by atoms with Gasteiger partial charge in [0.2, 0.25) is 0 Å². The van der Waals surface area contributed by atoms with E-state index < -0.39 is 0 Å². The molecule has 1 aromatic rings. The van der Waals surface area contributed by atoms with Crippen molar-refractivity contribution in [3.63, 3.8) is 0 Å². The van der Waals surface area contributed by atoms with Gasteiger partial charge in [0.05, 0.1) is 13.2 Å². The van der Waals surface area contributed by atoms with Gasteiger partial charge in [-0.3, -0.25) is 0 Å². The lowest BCUT2D eigenvalue weighted by atomic mass is 9.91. The normalized spacial score (nSPS) is 15.5. The minimum atomic E-state index is -0.171. The number of benzene rings is 1. The van der Waals surface area contributed by atoms with Gasteiger partial charge < -0.3 is 9.84 Å². The molecule has 1 aliphatic rings. The SMILES string of the molecule is CC(C)(CO)COc1ccc2c(c1)CCCC2. The first kappa shape index (κ1) is 12.4. The van der Waals surface area contributed by atoms with Crippen molar-refractivity contribution in [2.75, 3.05) is 13.2 Å². The van der Waals surface area contributed by atoms with Crippen LogP contribution in [0.5, 0.6) is 5.75 Å². The molecule has 0 spiro atoms. The number of aryl methyl sites for hydroxylation is 2. The van der Waals surface area contributed by atoms with Crippen LogP contribution in [0.4, 0.5) is 0 Å². The van der Waals surface area contributed by atoms with E-state index in [4.69, 9.17) is 4.74 Å². The summed E-state index contributed by atoms with van der Waals surface area (Å²) >= 11 is 0. The highest BCUT2D eigenvalue weighted by Gasteiger charge is 2.18. The van der Waals surface area contributed by atoms with Crippen molar-refractivity contribution in [3.8, 4) is 5.75 Å². The van der Waals surface area contributed by atoms with E-state index in [0.29, 0.717) is 6.61 Å². The first-order valence-electron chi connectivity index (χ1n) is 6.46.